The molecule has 4 heteroatoms. The standard InChI is InChI=1S/C12H18FNO.ClH/c1-12(2,3)11(14)9-7-8(15-4)5-6-10(9)13;/h5-7,11H,14H2,1-4H3;1H/t11-;/m0./s1. The lowest BCUT2D eigenvalue weighted by Crippen LogP contribution is -2.27. The summed E-state index contributed by atoms with van der Waals surface area (Å²) < 4.78 is 18.6. The first-order valence-electron chi connectivity index (χ1n) is 4.95. The largest absolute Gasteiger partial charge is 0.497 e. The predicted molar refractivity (Wildman–Crippen MR) is 66.6 cm³/mol. The molecule has 16 heavy (non-hydrogen) atoms. The van der Waals surface area contributed by atoms with Gasteiger partial charge in [-0.05, 0) is 23.6 Å². The lowest BCUT2D eigenvalue weighted by molar-refractivity contribution is 0.317. The van der Waals surface area contributed by atoms with Crippen LogP contribution in [0, 0.1) is 11.2 Å². The zero-order valence-electron chi connectivity index (χ0n) is 10.1. The van der Waals surface area contributed by atoms with Gasteiger partial charge in [0.15, 0.2) is 0 Å². The van der Waals surface area contributed by atoms with Crippen LogP contribution in [-0.4, -0.2) is 7.11 Å². The monoisotopic (exact) mass is 247 g/mol. The van der Waals surface area contributed by atoms with Crippen molar-refractivity contribution in [3.8, 4) is 5.75 Å². The Morgan fingerprint density at radius 3 is 2.31 bits per heavy atom. The van der Waals surface area contributed by atoms with E-state index in [1.165, 1.54) is 6.07 Å². The molecule has 1 aromatic rings. The highest BCUT2D eigenvalue weighted by atomic mass is 35.5. The van der Waals surface area contributed by atoms with Crippen LogP contribution in [0.3, 0.4) is 0 Å². The molecule has 1 rings (SSSR count). The van der Waals surface area contributed by atoms with Crippen molar-refractivity contribution in [2.24, 2.45) is 11.1 Å². The summed E-state index contributed by atoms with van der Waals surface area (Å²) in [6.45, 7) is 5.95. The summed E-state index contributed by atoms with van der Waals surface area (Å²) >= 11 is 0. The molecule has 1 atom stereocenters. The highest BCUT2D eigenvalue weighted by Gasteiger charge is 2.25. The van der Waals surface area contributed by atoms with Crippen LogP contribution in [0.2, 0.25) is 0 Å². The maximum atomic E-state index is 13.6. The third kappa shape index (κ3) is 3.35. The van der Waals surface area contributed by atoms with E-state index >= 15 is 0 Å². The van der Waals surface area contributed by atoms with Crippen molar-refractivity contribution in [3.05, 3.63) is 29.6 Å². The minimum absolute atomic E-state index is 0. The Hall–Kier alpha value is -0.800. The number of hydrogen-bond donors (Lipinski definition) is 1. The molecule has 0 saturated heterocycles. The minimum Gasteiger partial charge on any atom is -0.497 e. The van der Waals surface area contributed by atoms with Crippen molar-refractivity contribution in [1.29, 1.82) is 0 Å². The molecule has 0 bridgehead atoms. The second-order valence-electron chi connectivity index (χ2n) is 4.73. The van der Waals surface area contributed by atoms with Gasteiger partial charge in [0.1, 0.15) is 11.6 Å². The average Bonchev–Trinajstić information content (AvgIpc) is 2.16. The summed E-state index contributed by atoms with van der Waals surface area (Å²) in [7, 11) is 1.56. The molecular formula is C12H19ClFNO. The fourth-order valence-electron chi connectivity index (χ4n) is 1.35. The van der Waals surface area contributed by atoms with Crippen LogP contribution in [0.15, 0.2) is 18.2 Å². The Kier molecular flexibility index (Phi) is 5.23. The van der Waals surface area contributed by atoms with Crippen LogP contribution in [0.5, 0.6) is 5.75 Å². The second kappa shape index (κ2) is 5.51. The van der Waals surface area contributed by atoms with Crippen molar-refractivity contribution in [2.45, 2.75) is 26.8 Å². The first-order valence-corrected chi connectivity index (χ1v) is 4.95. The van der Waals surface area contributed by atoms with Crippen LogP contribution in [0.25, 0.3) is 0 Å². The predicted octanol–water partition coefficient (Wildman–Crippen LogP) is 3.30. The van der Waals surface area contributed by atoms with Gasteiger partial charge in [-0.15, -0.1) is 12.4 Å². The van der Waals surface area contributed by atoms with E-state index in [-0.39, 0.29) is 29.7 Å². The zero-order chi connectivity index (χ0) is 11.6. The van der Waals surface area contributed by atoms with Crippen LogP contribution < -0.4 is 10.5 Å². The highest BCUT2D eigenvalue weighted by molar-refractivity contribution is 5.85. The normalized spacial score (nSPS) is 12.9. The molecule has 0 heterocycles. The van der Waals surface area contributed by atoms with Crippen LogP contribution in [0.4, 0.5) is 4.39 Å². The van der Waals surface area contributed by atoms with Crippen molar-refractivity contribution < 1.29 is 9.13 Å². The van der Waals surface area contributed by atoms with E-state index < -0.39 is 0 Å². The van der Waals surface area contributed by atoms with E-state index in [4.69, 9.17) is 10.5 Å². The maximum absolute atomic E-state index is 13.6. The van der Waals surface area contributed by atoms with Gasteiger partial charge < -0.3 is 10.5 Å². The average molecular weight is 248 g/mol. The second-order valence-corrected chi connectivity index (χ2v) is 4.73. The fraction of sp³-hybridized carbons (Fsp3) is 0.500. The van der Waals surface area contributed by atoms with E-state index in [1.807, 2.05) is 20.8 Å². The van der Waals surface area contributed by atoms with E-state index in [1.54, 1.807) is 19.2 Å². The fourth-order valence-corrected chi connectivity index (χ4v) is 1.35. The summed E-state index contributed by atoms with van der Waals surface area (Å²) in [5, 5.41) is 0. The lowest BCUT2D eigenvalue weighted by atomic mass is 9.83. The quantitative estimate of drug-likeness (QED) is 0.870. The van der Waals surface area contributed by atoms with Crippen LogP contribution >= 0.6 is 12.4 Å². The molecule has 0 radical (unpaired) electrons. The summed E-state index contributed by atoms with van der Waals surface area (Å²) in [5.41, 5.74) is 6.33. The Labute approximate surface area is 102 Å². The Morgan fingerprint density at radius 1 is 1.31 bits per heavy atom. The molecule has 0 saturated carbocycles. The third-order valence-electron chi connectivity index (χ3n) is 2.47. The number of ether oxygens (including phenoxy) is 1. The molecule has 1 aromatic carbocycles. The van der Waals surface area contributed by atoms with Gasteiger partial charge >= 0.3 is 0 Å². The molecule has 0 spiro atoms. The van der Waals surface area contributed by atoms with Gasteiger partial charge in [-0.2, -0.15) is 0 Å². The van der Waals surface area contributed by atoms with Crippen molar-refractivity contribution >= 4 is 12.4 Å². The van der Waals surface area contributed by atoms with E-state index in [0.29, 0.717) is 11.3 Å². The molecule has 0 amide bonds. The minimum atomic E-state index is -0.340. The van der Waals surface area contributed by atoms with E-state index in [2.05, 4.69) is 0 Å². The van der Waals surface area contributed by atoms with Crippen molar-refractivity contribution in [2.75, 3.05) is 7.11 Å². The van der Waals surface area contributed by atoms with Gasteiger partial charge in [-0.25, -0.2) is 4.39 Å². The maximum Gasteiger partial charge on any atom is 0.128 e. The number of methoxy groups -OCH3 is 1. The molecule has 0 aliphatic heterocycles. The van der Waals surface area contributed by atoms with Crippen molar-refractivity contribution in [3.63, 3.8) is 0 Å². The lowest BCUT2D eigenvalue weighted by Gasteiger charge is -2.27. The SMILES string of the molecule is COc1ccc(F)c([C@H](N)C(C)(C)C)c1.Cl. The number of nitrogens with two attached hydrogens (primary N) is 1. The van der Waals surface area contributed by atoms with Gasteiger partial charge in [0, 0.05) is 11.6 Å². The van der Waals surface area contributed by atoms with Crippen LogP contribution in [-0.2, 0) is 0 Å². The first kappa shape index (κ1) is 15.2. The Balaban J connectivity index is 0.00000225. The highest BCUT2D eigenvalue weighted by Crippen LogP contribution is 2.33. The van der Waals surface area contributed by atoms with E-state index in [0.717, 1.165) is 0 Å². The molecule has 0 unspecified atom stereocenters. The molecule has 0 aliphatic rings. The van der Waals surface area contributed by atoms with Gasteiger partial charge in [0.05, 0.1) is 7.11 Å². The first-order chi connectivity index (χ1) is 6.86. The number of rotatable bonds is 2. The van der Waals surface area contributed by atoms with E-state index in [9.17, 15) is 4.39 Å². The van der Waals surface area contributed by atoms with Crippen LogP contribution in [0.1, 0.15) is 32.4 Å². The third-order valence-corrected chi connectivity index (χ3v) is 2.47. The zero-order valence-corrected chi connectivity index (χ0v) is 10.9. The summed E-state index contributed by atoms with van der Waals surface area (Å²) in [5.74, 6) is 0.351. The Bertz CT molecular complexity index is 349. The summed E-state index contributed by atoms with van der Waals surface area (Å²) in [6.07, 6.45) is 0. The molecule has 2 N–H and O–H groups in total. The number of benzene rings is 1. The van der Waals surface area contributed by atoms with Gasteiger partial charge in [-0.3, -0.25) is 0 Å². The molecule has 0 aliphatic carbocycles. The van der Waals surface area contributed by atoms with Gasteiger partial charge in [0.2, 0.25) is 0 Å². The molecule has 0 fully saturated rings. The number of hydrogen-bond acceptors (Lipinski definition) is 2. The molecule has 0 aromatic heterocycles. The van der Waals surface area contributed by atoms with Gasteiger partial charge in [-0.1, -0.05) is 20.8 Å². The van der Waals surface area contributed by atoms with Gasteiger partial charge in [0.25, 0.3) is 0 Å². The topological polar surface area (TPSA) is 35.2 Å². The molecule has 92 valence electrons. The summed E-state index contributed by atoms with van der Waals surface area (Å²) in [4.78, 5) is 0. The Morgan fingerprint density at radius 2 is 1.88 bits per heavy atom. The summed E-state index contributed by atoms with van der Waals surface area (Å²) in [6, 6.07) is 4.30. The molecule has 2 nitrogen and oxygen atoms in total. The number of halogens is 2. The smallest absolute Gasteiger partial charge is 0.128 e. The van der Waals surface area contributed by atoms with Crippen molar-refractivity contribution in [1.82, 2.24) is 0 Å². The molecular weight excluding hydrogens is 229 g/mol.